The molecule has 0 bridgehead atoms. The van der Waals surface area contributed by atoms with Crippen molar-refractivity contribution in [3.05, 3.63) is 47.1 Å². The van der Waals surface area contributed by atoms with Gasteiger partial charge in [0.05, 0.1) is 6.54 Å². The van der Waals surface area contributed by atoms with Crippen LogP contribution < -0.4 is 5.32 Å². The van der Waals surface area contributed by atoms with E-state index in [4.69, 9.17) is 4.52 Å². The van der Waals surface area contributed by atoms with E-state index in [1.165, 1.54) is 11.1 Å². The lowest BCUT2D eigenvalue weighted by Gasteiger charge is -2.35. The number of benzene rings is 1. The Labute approximate surface area is 138 Å². The standard InChI is InChI=1S/C18H26N4O/c1-3-5-17-20-18(23-21-17)13-22-11-10-19-12-16(22)15-8-6-14(4-2)7-9-15/h6-9,16,19H,3-5,10-13H2,1-2H3. The minimum atomic E-state index is 0.358. The molecule has 1 atom stereocenters. The third-order valence-electron chi connectivity index (χ3n) is 4.45. The summed E-state index contributed by atoms with van der Waals surface area (Å²) < 4.78 is 5.42. The van der Waals surface area contributed by atoms with Crippen molar-refractivity contribution in [2.45, 2.75) is 45.7 Å². The smallest absolute Gasteiger partial charge is 0.240 e. The highest BCUT2D eigenvalue weighted by Gasteiger charge is 2.25. The molecular weight excluding hydrogens is 288 g/mol. The van der Waals surface area contributed by atoms with Crippen molar-refractivity contribution in [3.63, 3.8) is 0 Å². The molecule has 1 saturated heterocycles. The Bertz CT molecular complexity index is 608. The Balaban J connectivity index is 1.72. The highest BCUT2D eigenvalue weighted by atomic mass is 16.5. The van der Waals surface area contributed by atoms with E-state index >= 15 is 0 Å². The van der Waals surface area contributed by atoms with Crippen LogP contribution in [0.3, 0.4) is 0 Å². The summed E-state index contributed by atoms with van der Waals surface area (Å²) in [5.74, 6) is 1.55. The molecule has 1 aromatic carbocycles. The van der Waals surface area contributed by atoms with Crippen LogP contribution in [0.4, 0.5) is 0 Å². The average Bonchev–Trinajstić information content (AvgIpc) is 3.03. The quantitative estimate of drug-likeness (QED) is 0.888. The fraction of sp³-hybridized carbons (Fsp3) is 0.556. The van der Waals surface area contributed by atoms with Gasteiger partial charge in [0.25, 0.3) is 0 Å². The zero-order valence-corrected chi connectivity index (χ0v) is 14.1. The summed E-state index contributed by atoms with van der Waals surface area (Å²) >= 11 is 0. The topological polar surface area (TPSA) is 54.2 Å². The molecule has 23 heavy (non-hydrogen) atoms. The van der Waals surface area contributed by atoms with Crippen LogP contribution in [0.2, 0.25) is 0 Å². The third-order valence-corrected chi connectivity index (χ3v) is 4.45. The van der Waals surface area contributed by atoms with E-state index in [-0.39, 0.29) is 0 Å². The van der Waals surface area contributed by atoms with E-state index in [0.29, 0.717) is 6.04 Å². The molecule has 2 heterocycles. The average molecular weight is 314 g/mol. The van der Waals surface area contributed by atoms with Crippen LogP contribution >= 0.6 is 0 Å². The molecule has 124 valence electrons. The van der Waals surface area contributed by atoms with Crippen LogP contribution in [0.15, 0.2) is 28.8 Å². The molecule has 1 fully saturated rings. The van der Waals surface area contributed by atoms with Crippen molar-refractivity contribution in [3.8, 4) is 0 Å². The summed E-state index contributed by atoms with van der Waals surface area (Å²) in [5, 5.41) is 7.56. The molecule has 1 N–H and O–H groups in total. The zero-order chi connectivity index (χ0) is 16.1. The van der Waals surface area contributed by atoms with Gasteiger partial charge in [0.2, 0.25) is 5.89 Å². The number of rotatable bonds is 6. The summed E-state index contributed by atoms with van der Waals surface area (Å²) in [6.07, 6.45) is 3.00. The van der Waals surface area contributed by atoms with Gasteiger partial charge >= 0.3 is 0 Å². The number of hydrogen-bond donors (Lipinski definition) is 1. The Hall–Kier alpha value is -1.72. The fourth-order valence-electron chi connectivity index (χ4n) is 3.09. The maximum Gasteiger partial charge on any atom is 0.240 e. The van der Waals surface area contributed by atoms with Gasteiger partial charge in [-0.2, -0.15) is 4.98 Å². The van der Waals surface area contributed by atoms with Gasteiger partial charge in [-0.25, -0.2) is 0 Å². The van der Waals surface area contributed by atoms with E-state index < -0.39 is 0 Å². The molecule has 1 aliphatic heterocycles. The Kier molecular flexibility index (Phi) is 5.41. The normalized spacial score (nSPS) is 19.1. The lowest BCUT2D eigenvalue weighted by molar-refractivity contribution is 0.135. The first kappa shape index (κ1) is 16.1. The van der Waals surface area contributed by atoms with Gasteiger partial charge in [-0.05, 0) is 24.0 Å². The highest BCUT2D eigenvalue weighted by Crippen LogP contribution is 2.24. The van der Waals surface area contributed by atoms with Crippen molar-refractivity contribution in [2.75, 3.05) is 19.6 Å². The van der Waals surface area contributed by atoms with Crippen molar-refractivity contribution in [2.24, 2.45) is 0 Å². The van der Waals surface area contributed by atoms with Gasteiger partial charge in [-0.3, -0.25) is 4.90 Å². The van der Waals surface area contributed by atoms with Gasteiger partial charge in [-0.15, -0.1) is 0 Å². The third kappa shape index (κ3) is 3.98. The molecule has 3 rings (SSSR count). The summed E-state index contributed by atoms with van der Waals surface area (Å²) in [4.78, 5) is 6.94. The fourth-order valence-corrected chi connectivity index (χ4v) is 3.09. The number of piperazine rings is 1. The molecule has 0 amide bonds. The molecule has 5 heteroatoms. The van der Waals surface area contributed by atoms with Gasteiger partial charge in [-0.1, -0.05) is 43.3 Å². The summed E-state index contributed by atoms with van der Waals surface area (Å²) in [6, 6.07) is 9.32. The maximum absolute atomic E-state index is 5.42. The molecular formula is C18H26N4O. The van der Waals surface area contributed by atoms with Gasteiger partial charge in [0, 0.05) is 32.1 Å². The van der Waals surface area contributed by atoms with Crippen LogP contribution in [0, 0.1) is 0 Å². The molecule has 0 aliphatic carbocycles. The number of nitrogens with one attached hydrogen (secondary N) is 1. The van der Waals surface area contributed by atoms with Crippen molar-refractivity contribution < 1.29 is 4.52 Å². The monoisotopic (exact) mass is 314 g/mol. The lowest BCUT2D eigenvalue weighted by Crippen LogP contribution is -2.45. The van der Waals surface area contributed by atoms with Crippen LogP contribution in [0.5, 0.6) is 0 Å². The van der Waals surface area contributed by atoms with Gasteiger partial charge in [0.15, 0.2) is 5.82 Å². The largest absolute Gasteiger partial charge is 0.338 e. The number of nitrogens with zero attached hydrogens (tertiary/aromatic N) is 3. The molecule has 1 unspecified atom stereocenters. The first-order valence-corrected chi connectivity index (χ1v) is 8.65. The molecule has 2 aromatic rings. The van der Waals surface area contributed by atoms with Crippen LogP contribution in [0.25, 0.3) is 0 Å². The zero-order valence-electron chi connectivity index (χ0n) is 14.1. The van der Waals surface area contributed by atoms with Crippen molar-refractivity contribution in [1.29, 1.82) is 0 Å². The Morgan fingerprint density at radius 2 is 2.09 bits per heavy atom. The minimum absolute atomic E-state index is 0.358. The molecule has 0 saturated carbocycles. The SMILES string of the molecule is CCCc1noc(CN2CCNCC2c2ccc(CC)cc2)n1. The van der Waals surface area contributed by atoms with Crippen molar-refractivity contribution >= 4 is 0 Å². The second-order valence-corrected chi connectivity index (χ2v) is 6.14. The summed E-state index contributed by atoms with van der Waals surface area (Å²) in [6.45, 7) is 7.99. The van der Waals surface area contributed by atoms with E-state index in [2.05, 4.69) is 58.5 Å². The second-order valence-electron chi connectivity index (χ2n) is 6.14. The summed E-state index contributed by atoms with van der Waals surface area (Å²) in [7, 11) is 0. The number of aryl methyl sites for hydroxylation is 2. The van der Waals surface area contributed by atoms with E-state index in [1.807, 2.05) is 0 Å². The predicted molar refractivity (Wildman–Crippen MR) is 90.1 cm³/mol. The number of hydrogen-bond acceptors (Lipinski definition) is 5. The molecule has 5 nitrogen and oxygen atoms in total. The molecule has 0 radical (unpaired) electrons. The number of aromatic nitrogens is 2. The van der Waals surface area contributed by atoms with Crippen LogP contribution in [-0.4, -0.2) is 34.7 Å². The summed E-state index contributed by atoms with van der Waals surface area (Å²) in [5.41, 5.74) is 2.73. The lowest BCUT2D eigenvalue weighted by atomic mass is 10.0. The molecule has 0 spiro atoms. The molecule has 1 aliphatic rings. The first-order valence-electron chi connectivity index (χ1n) is 8.65. The van der Waals surface area contributed by atoms with E-state index in [0.717, 1.165) is 57.2 Å². The van der Waals surface area contributed by atoms with Crippen LogP contribution in [-0.2, 0) is 19.4 Å². The predicted octanol–water partition coefficient (Wildman–Crippen LogP) is 2.73. The van der Waals surface area contributed by atoms with Crippen molar-refractivity contribution in [1.82, 2.24) is 20.4 Å². The van der Waals surface area contributed by atoms with Gasteiger partial charge < -0.3 is 9.84 Å². The van der Waals surface area contributed by atoms with E-state index in [9.17, 15) is 0 Å². The highest BCUT2D eigenvalue weighted by molar-refractivity contribution is 5.25. The minimum Gasteiger partial charge on any atom is -0.338 e. The maximum atomic E-state index is 5.42. The Morgan fingerprint density at radius 3 is 2.83 bits per heavy atom. The molecule has 1 aromatic heterocycles. The van der Waals surface area contributed by atoms with Crippen LogP contribution in [0.1, 0.15) is 49.2 Å². The Morgan fingerprint density at radius 1 is 1.26 bits per heavy atom. The second kappa shape index (κ2) is 7.70. The van der Waals surface area contributed by atoms with Gasteiger partial charge in [0.1, 0.15) is 0 Å². The first-order chi connectivity index (χ1) is 11.3. The van der Waals surface area contributed by atoms with E-state index in [1.54, 1.807) is 0 Å².